The van der Waals surface area contributed by atoms with Gasteiger partial charge in [-0.3, -0.25) is 18.6 Å². The molecule has 0 aromatic heterocycles. The van der Waals surface area contributed by atoms with Gasteiger partial charge in [-0.1, -0.05) is 156 Å². The molecule has 0 aromatic carbocycles. The highest BCUT2D eigenvalue weighted by atomic mass is 31.2. The second-order valence-electron chi connectivity index (χ2n) is 15.2. The van der Waals surface area contributed by atoms with E-state index in [1.165, 1.54) is 25.7 Å². The van der Waals surface area contributed by atoms with Crippen LogP contribution >= 0.6 is 7.82 Å². The lowest BCUT2D eigenvalue weighted by atomic mass is 10.1. The third-order valence-corrected chi connectivity index (χ3v) is 10.3. The molecule has 4 N–H and O–H groups in total. The van der Waals surface area contributed by atoms with Crippen molar-refractivity contribution in [2.75, 3.05) is 19.8 Å². The lowest BCUT2D eigenvalue weighted by molar-refractivity contribution is -0.147. The fraction of sp³-hybridized carbons (Fsp3) is 0.620. The van der Waals surface area contributed by atoms with Gasteiger partial charge in [0, 0.05) is 12.8 Å². The SMILES string of the molecule is CC/C=C\C/C=C\C/C=C\C/C=C\CCCCC(=O)OCC(O)COP(=O)(O)OCC(NC(=O)CCCCCCCCC/C=C\C/C=C\C/C=C\C/C=C\CCCCC)C(=O)O. The van der Waals surface area contributed by atoms with Crippen molar-refractivity contribution in [3.05, 3.63) is 97.2 Å². The van der Waals surface area contributed by atoms with E-state index in [0.29, 0.717) is 12.8 Å². The molecular weight excluding hydrogens is 806 g/mol. The van der Waals surface area contributed by atoms with Crippen LogP contribution in [0.2, 0.25) is 0 Å². The first-order chi connectivity index (χ1) is 30.1. The van der Waals surface area contributed by atoms with Gasteiger partial charge >= 0.3 is 19.8 Å². The summed E-state index contributed by atoms with van der Waals surface area (Å²) in [7, 11) is -4.78. The lowest BCUT2D eigenvalue weighted by Gasteiger charge is -2.18. The van der Waals surface area contributed by atoms with E-state index < -0.39 is 57.6 Å². The Morgan fingerprint density at radius 3 is 1.42 bits per heavy atom. The number of amides is 1. The first-order valence-electron chi connectivity index (χ1n) is 23.3. The van der Waals surface area contributed by atoms with Crippen LogP contribution in [0.5, 0.6) is 0 Å². The molecule has 12 heteroatoms. The highest BCUT2D eigenvalue weighted by Crippen LogP contribution is 2.43. The number of ether oxygens (including phenoxy) is 1. The largest absolute Gasteiger partial charge is 0.480 e. The van der Waals surface area contributed by atoms with Crippen LogP contribution in [0.4, 0.5) is 0 Å². The van der Waals surface area contributed by atoms with Crippen LogP contribution in [0.15, 0.2) is 97.2 Å². The Kier molecular flexibility index (Phi) is 41.5. The van der Waals surface area contributed by atoms with Crippen molar-refractivity contribution in [1.82, 2.24) is 5.32 Å². The number of unbranched alkanes of at least 4 members (excludes halogenated alkanes) is 12. The number of allylic oxidation sites excluding steroid dienone is 16. The normalized spacial score (nSPS) is 14.5. The number of carbonyl (C=O) groups is 3. The molecule has 0 rings (SSSR count). The van der Waals surface area contributed by atoms with Crippen LogP contribution in [0.1, 0.15) is 168 Å². The summed E-state index contributed by atoms with van der Waals surface area (Å²) >= 11 is 0. The Bertz CT molecular complexity index is 1410. The Labute approximate surface area is 374 Å². The smallest absolute Gasteiger partial charge is 0.472 e. The highest BCUT2D eigenvalue weighted by molar-refractivity contribution is 7.47. The molecule has 0 radical (unpaired) electrons. The number of carboxylic acid groups (broad SMARTS) is 1. The summed E-state index contributed by atoms with van der Waals surface area (Å²) in [5.74, 6) is -2.45. The maximum absolute atomic E-state index is 12.4. The molecule has 352 valence electrons. The summed E-state index contributed by atoms with van der Waals surface area (Å²) in [5, 5.41) is 21.8. The van der Waals surface area contributed by atoms with Crippen LogP contribution in [-0.2, 0) is 32.7 Å². The Morgan fingerprint density at radius 2 is 0.935 bits per heavy atom. The van der Waals surface area contributed by atoms with Crippen LogP contribution in [0.25, 0.3) is 0 Å². The standard InChI is InChI=1S/C50H82NO10P/c1-3-5-7-9-11-13-15-17-19-20-21-22-23-24-25-26-28-29-31-33-35-37-39-41-48(53)51-47(50(55)56)45-61-62(57,58)60-44-46(52)43-59-49(54)42-40-38-36-34-32-30-27-18-16-14-12-10-8-6-4-2/h6,8,11-14,17-19,21-22,24-25,27,32,34,46-47,52H,3-5,7,9-10,15-16,20,23,26,28-31,33,35-45H2,1-2H3,(H,51,53)(H,55,56)(H,57,58)/b8-6-,13-11-,14-12-,19-17-,22-21-,25-24-,27-18-,34-32-. The Hall–Kier alpha value is -3.60. The minimum Gasteiger partial charge on any atom is -0.480 e. The van der Waals surface area contributed by atoms with E-state index in [1.807, 2.05) is 0 Å². The molecule has 0 aliphatic rings. The Morgan fingerprint density at radius 1 is 0.532 bits per heavy atom. The highest BCUT2D eigenvalue weighted by Gasteiger charge is 2.28. The van der Waals surface area contributed by atoms with Gasteiger partial charge < -0.3 is 25.2 Å². The van der Waals surface area contributed by atoms with Crippen molar-refractivity contribution in [2.45, 2.75) is 180 Å². The third-order valence-electron chi connectivity index (χ3n) is 9.36. The molecule has 3 atom stereocenters. The zero-order valence-electron chi connectivity index (χ0n) is 38.1. The summed E-state index contributed by atoms with van der Waals surface area (Å²) in [6.07, 6.45) is 55.7. The number of phosphoric ester groups is 1. The molecule has 3 unspecified atom stereocenters. The number of aliphatic carboxylic acids is 1. The predicted octanol–water partition coefficient (Wildman–Crippen LogP) is 12.4. The minimum absolute atomic E-state index is 0.124. The summed E-state index contributed by atoms with van der Waals surface area (Å²) in [5.41, 5.74) is 0. The number of nitrogens with one attached hydrogen (secondary N) is 1. The molecule has 0 spiro atoms. The van der Waals surface area contributed by atoms with E-state index in [-0.39, 0.29) is 12.8 Å². The van der Waals surface area contributed by atoms with Gasteiger partial charge in [-0.25, -0.2) is 9.36 Å². The molecule has 0 bridgehead atoms. The zero-order chi connectivity index (χ0) is 45.6. The van der Waals surface area contributed by atoms with Crippen molar-refractivity contribution in [3.63, 3.8) is 0 Å². The topological polar surface area (TPSA) is 169 Å². The van der Waals surface area contributed by atoms with Gasteiger partial charge in [0.25, 0.3) is 0 Å². The van der Waals surface area contributed by atoms with Crippen LogP contribution in [0.3, 0.4) is 0 Å². The average molecular weight is 888 g/mol. The predicted molar refractivity (Wildman–Crippen MR) is 254 cm³/mol. The number of esters is 1. The van der Waals surface area contributed by atoms with Gasteiger partial charge in [0.05, 0.1) is 13.2 Å². The summed E-state index contributed by atoms with van der Waals surface area (Å²) < 4.78 is 26.8. The molecule has 1 amide bonds. The number of hydrogen-bond acceptors (Lipinski definition) is 8. The van der Waals surface area contributed by atoms with Crippen LogP contribution in [0, 0.1) is 0 Å². The van der Waals surface area contributed by atoms with Crippen LogP contribution in [-0.4, -0.2) is 64.9 Å². The first-order valence-corrected chi connectivity index (χ1v) is 24.8. The monoisotopic (exact) mass is 888 g/mol. The molecule has 0 aliphatic heterocycles. The van der Waals surface area contributed by atoms with Gasteiger partial charge in [-0.2, -0.15) is 0 Å². The van der Waals surface area contributed by atoms with E-state index in [4.69, 9.17) is 13.8 Å². The molecule has 0 fully saturated rings. The molecule has 62 heavy (non-hydrogen) atoms. The first kappa shape index (κ1) is 58.4. The maximum Gasteiger partial charge on any atom is 0.472 e. The summed E-state index contributed by atoms with van der Waals surface area (Å²) in [6, 6.07) is -1.56. The fourth-order valence-corrected chi connectivity index (χ4v) is 6.53. The lowest BCUT2D eigenvalue weighted by Crippen LogP contribution is -2.43. The Balaban J connectivity index is 3.97. The van der Waals surface area contributed by atoms with Gasteiger partial charge in [-0.15, -0.1) is 0 Å². The van der Waals surface area contributed by atoms with E-state index in [9.17, 15) is 34.1 Å². The van der Waals surface area contributed by atoms with Crippen molar-refractivity contribution in [3.8, 4) is 0 Å². The number of carboxylic acids is 1. The van der Waals surface area contributed by atoms with E-state index in [1.54, 1.807) is 0 Å². The zero-order valence-corrected chi connectivity index (χ0v) is 39.0. The maximum atomic E-state index is 12.4. The number of aliphatic hydroxyl groups is 1. The minimum atomic E-state index is -4.78. The molecule has 0 saturated carbocycles. The van der Waals surface area contributed by atoms with E-state index in [0.717, 1.165) is 103 Å². The van der Waals surface area contributed by atoms with Crippen molar-refractivity contribution in [1.29, 1.82) is 0 Å². The number of phosphoric acid groups is 1. The van der Waals surface area contributed by atoms with E-state index >= 15 is 0 Å². The van der Waals surface area contributed by atoms with Gasteiger partial charge in [0.15, 0.2) is 6.04 Å². The molecule has 11 nitrogen and oxygen atoms in total. The van der Waals surface area contributed by atoms with Crippen molar-refractivity contribution >= 4 is 25.7 Å². The molecule has 0 aliphatic carbocycles. The third kappa shape index (κ3) is 43.1. The van der Waals surface area contributed by atoms with Crippen molar-refractivity contribution in [2.24, 2.45) is 0 Å². The van der Waals surface area contributed by atoms with Crippen molar-refractivity contribution < 1.29 is 47.8 Å². The number of carbonyl (C=O) groups excluding carboxylic acids is 2. The van der Waals surface area contributed by atoms with Gasteiger partial charge in [-0.05, 0) is 96.3 Å². The average Bonchev–Trinajstić information content (AvgIpc) is 3.25. The number of aliphatic hydroxyl groups excluding tert-OH is 1. The fourth-order valence-electron chi connectivity index (χ4n) is 5.76. The number of hydrogen-bond donors (Lipinski definition) is 4. The van der Waals surface area contributed by atoms with Crippen LogP contribution < -0.4 is 5.32 Å². The summed E-state index contributed by atoms with van der Waals surface area (Å²) in [6.45, 7) is 2.39. The molecular formula is C50H82NO10P. The second kappa shape index (κ2) is 44.0. The summed E-state index contributed by atoms with van der Waals surface area (Å²) in [4.78, 5) is 46.0. The van der Waals surface area contributed by atoms with Gasteiger partial charge in [0.1, 0.15) is 12.7 Å². The second-order valence-corrected chi connectivity index (χ2v) is 16.7. The van der Waals surface area contributed by atoms with Gasteiger partial charge in [0.2, 0.25) is 5.91 Å². The quantitative estimate of drug-likeness (QED) is 0.0200. The molecule has 0 aromatic rings. The molecule has 0 saturated heterocycles. The number of rotatable bonds is 42. The van der Waals surface area contributed by atoms with E-state index in [2.05, 4.69) is 116 Å². The molecule has 0 heterocycles.